The second-order valence-corrected chi connectivity index (χ2v) is 5.80. The number of hydrogen-bond donors (Lipinski definition) is 1. The summed E-state index contributed by atoms with van der Waals surface area (Å²) in [5.41, 5.74) is 2.63. The summed E-state index contributed by atoms with van der Waals surface area (Å²) >= 11 is 0. The van der Waals surface area contributed by atoms with Gasteiger partial charge in [-0.2, -0.15) is 0 Å². The van der Waals surface area contributed by atoms with Crippen LogP contribution in [0.5, 0.6) is 0 Å². The largest absolute Gasteiger partial charge is 0.481 e. The van der Waals surface area contributed by atoms with E-state index in [1.54, 1.807) is 6.92 Å². The van der Waals surface area contributed by atoms with Gasteiger partial charge in [-0.25, -0.2) is 9.97 Å². The van der Waals surface area contributed by atoms with Crippen molar-refractivity contribution in [1.82, 2.24) is 14.9 Å². The van der Waals surface area contributed by atoms with Gasteiger partial charge in [-0.1, -0.05) is 6.92 Å². The third-order valence-corrected chi connectivity index (χ3v) is 3.93. The molecular formula is C15H23N3O3. The molecule has 6 nitrogen and oxygen atoms in total. The minimum Gasteiger partial charge on any atom is -0.481 e. The monoisotopic (exact) mass is 293 g/mol. The standard InChI is InChI=1S/C15H23N3O3/c1-9(15(19)20)7-12-10(2)16-14(17-11(12)3)13-8-18(4)5-6-21-13/h9,13H,5-8H2,1-4H3,(H,19,20). The molecule has 2 atom stereocenters. The molecule has 1 saturated heterocycles. The Labute approximate surface area is 125 Å². The number of morpholine rings is 1. The molecule has 2 unspecified atom stereocenters. The molecule has 0 spiro atoms. The van der Waals surface area contributed by atoms with E-state index in [0.29, 0.717) is 18.9 Å². The Morgan fingerprint density at radius 1 is 1.43 bits per heavy atom. The summed E-state index contributed by atoms with van der Waals surface area (Å²) in [6, 6.07) is 0. The highest BCUT2D eigenvalue weighted by Gasteiger charge is 2.24. The van der Waals surface area contributed by atoms with Crippen LogP contribution < -0.4 is 0 Å². The van der Waals surface area contributed by atoms with Crippen LogP contribution in [0.15, 0.2) is 0 Å². The topological polar surface area (TPSA) is 75.5 Å². The fraction of sp³-hybridized carbons (Fsp3) is 0.667. The summed E-state index contributed by atoms with van der Waals surface area (Å²) in [5.74, 6) is -0.535. The molecule has 0 aliphatic carbocycles. The maximum Gasteiger partial charge on any atom is 0.306 e. The van der Waals surface area contributed by atoms with E-state index in [0.717, 1.165) is 30.0 Å². The maximum absolute atomic E-state index is 11.0. The first kappa shape index (κ1) is 15.9. The molecule has 0 bridgehead atoms. The van der Waals surface area contributed by atoms with Crippen LogP contribution in [0, 0.1) is 19.8 Å². The van der Waals surface area contributed by atoms with Gasteiger partial charge in [0.2, 0.25) is 0 Å². The van der Waals surface area contributed by atoms with Crippen LogP contribution in [0.4, 0.5) is 0 Å². The summed E-state index contributed by atoms with van der Waals surface area (Å²) in [6.45, 7) is 7.91. The summed E-state index contributed by atoms with van der Waals surface area (Å²) in [5, 5.41) is 9.05. The number of hydrogen-bond acceptors (Lipinski definition) is 5. The summed E-state index contributed by atoms with van der Waals surface area (Å²) in [7, 11) is 2.05. The molecule has 1 aromatic heterocycles. The van der Waals surface area contributed by atoms with Gasteiger partial charge in [0.1, 0.15) is 6.10 Å². The third-order valence-electron chi connectivity index (χ3n) is 3.93. The Bertz CT molecular complexity index is 510. The van der Waals surface area contributed by atoms with Crippen molar-refractivity contribution < 1.29 is 14.6 Å². The molecule has 1 aliphatic heterocycles. The molecule has 1 aliphatic rings. The van der Waals surface area contributed by atoms with Crippen LogP contribution in [-0.2, 0) is 16.0 Å². The molecule has 1 aromatic rings. The Morgan fingerprint density at radius 2 is 2.05 bits per heavy atom. The van der Waals surface area contributed by atoms with Crippen molar-refractivity contribution in [3.63, 3.8) is 0 Å². The molecule has 1 N–H and O–H groups in total. The van der Waals surface area contributed by atoms with Crippen LogP contribution in [0.1, 0.15) is 35.8 Å². The molecule has 1 fully saturated rings. The molecule has 2 heterocycles. The first-order valence-electron chi connectivity index (χ1n) is 7.25. The van der Waals surface area contributed by atoms with Crippen LogP contribution in [0.3, 0.4) is 0 Å². The van der Waals surface area contributed by atoms with E-state index in [4.69, 9.17) is 9.84 Å². The second kappa shape index (κ2) is 6.49. The van der Waals surface area contributed by atoms with Crippen molar-refractivity contribution in [1.29, 1.82) is 0 Å². The van der Waals surface area contributed by atoms with Gasteiger partial charge in [-0.3, -0.25) is 4.79 Å². The zero-order chi connectivity index (χ0) is 15.6. The van der Waals surface area contributed by atoms with Crippen LogP contribution in [0.25, 0.3) is 0 Å². The Hall–Kier alpha value is -1.53. The Balaban J connectivity index is 2.22. The lowest BCUT2D eigenvalue weighted by Crippen LogP contribution is -2.36. The van der Waals surface area contributed by atoms with Crippen molar-refractivity contribution >= 4 is 5.97 Å². The van der Waals surface area contributed by atoms with Crippen molar-refractivity contribution in [3.8, 4) is 0 Å². The number of carboxylic acids is 1. The van der Waals surface area contributed by atoms with Gasteiger partial charge in [0, 0.05) is 24.5 Å². The average molecular weight is 293 g/mol. The predicted molar refractivity (Wildman–Crippen MR) is 78.2 cm³/mol. The van der Waals surface area contributed by atoms with Gasteiger partial charge in [-0.05, 0) is 32.9 Å². The summed E-state index contributed by atoms with van der Waals surface area (Å²) < 4.78 is 5.74. The molecule has 0 aromatic carbocycles. The minimum atomic E-state index is -0.796. The van der Waals surface area contributed by atoms with E-state index in [1.165, 1.54) is 0 Å². The zero-order valence-electron chi connectivity index (χ0n) is 13.1. The third kappa shape index (κ3) is 3.77. The molecule has 0 amide bonds. The number of rotatable bonds is 4. The van der Waals surface area contributed by atoms with Gasteiger partial charge >= 0.3 is 5.97 Å². The quantitative estimate of drug-likeness (QED) is 0.903. The molecule has 0 radical (unpaired) electrons. The van der Waals surface area contributed by atoms with E-state index in [2.05, 4.69) is 21.9 Å². The Morgan fingerprint density at radius 3 is 2.57 bits per heavy atom. The molecule has 21 heavy (non-hydrogen) atoms. The molecule has 0 saturated carbocycles. The zero-order valence-corrected chi connectivity index (χ0v) is 13.1. The number of aryl methyl sites for hydroxylation is 2. The van der Waals surface area contributed by atoms with E-state index in [1.807, 2.05) is 13.8 Å². The molecule has 6 heteroatoms. The van der Waals surface area contributed by atoms with Crippen molar-refractivity contribution in [2.24, 2.45) is 5.92 Å². The number of carboxylic acid groups (broad SMARTS) is 1. The lowest BCUT2D eigenvalue weighted by molar-refractivity contribution is -0.141. The SMILES string of the molecule is Cc1nc(C2CN(C)CCO2)nc(C)c1CC(C)C(=O)O. The van der Waals surface area contributed by atoms with Gasteiger partial charge in [0.15, 0.2) is 5.82 Å². The normalized spacial score (nSPS) is 21.2. The average Bonchev–Trinajstić information content (AvgIpc) is 2.42. The fourth-order valence-corrected chi connectivity index (χ4v) is 2.53. The minimum absolute atomic E-state index is 0.105. The lowest BCUT2D eigenvalue weighted by atomic mass is 9.99. The number of ether oxygens (including phenoxy) is 1. The van der Waals surface area contributed by atoms with Crippen molar-refractivity contribution in [3.05, 3.63) is 22.8 Å². The number of likely N-dealkylation sites (N-methyl/N-ethyl adjacent to an activating group) is 1. The highest BCUT2D eigenvalue weighted by Crippen LogP contribution is 2.22. The van der Waals surface area contributed by atoms with Crippen molar-refractivity contribution in [2.45, 2.75) is 33.3 Å². The first-order valence-corrected chi connectivity index (χ1v) is 7.25. The predicted octanol–water partition coefficient (Wildman–Crippen LogP) is 1.36. The first-order chi connectivity index (χ1) is 9.88. The van der Waals surface area contributed by atoms with E-state index in [-0.39, 0.29) is 6.10 Å². The van der Waals surface area contributed by atoms with Gasteiger partial charge in [-0.15, -0.1) is 0 Å². The van der Waals surface area contributed by atoms with Gasteiger partial charge in [0.25, 0.3) is 0 Å². The summed E-state index contributed by atoms with van der Waals surface area (Å²) in [4.78, 5) is 22.3. The van der Waals surface area contributed by atoms with Gasteiger partial charge in [0.05, 0.1) is 12.5 Å². The Kier molecular flexibility index (Phi) is 4.90. The number of aliphatic carboxylic acids is 1. The highest BCUT2D eigenvalue weighted by atomic mass is 16.5. The van der Waals surface area contributed by atoms with Gasteiger partial charge < -0.3 is 14.7 Å². The molecular weight excluding hydrogens is 270 g/mol. The number of aromatic nitrogens is 2. The van der Waals surface area contributed by atoms with Crippen molar-refractivity contribution in [2.75, 3.05) is 26.7 Å². The highest BCUT2D eigenvalue weighted by molar-refractivity contribution is 5.70. The van der Waals surface area contributed by atoms with E-state index < -0.39 is 11.9 Å². The molecule has 116 valence electrons. The molecule has 2 rings (SSSR count). The number of carbonyl (C=O) groups is 1. The van der Waals surface area contributed by atoms with E-state index >= 15 is 0 Å². The van der Waals surface area contributed by atoms with E-state index in [9.17, 15) is 4.79 Å². The van der Waals surface area contributed by atoms with Crippen LogP contribution >= 0.6 is 0 Å². The van der Waals surface area contributed by atoms with Crippen LogP contribution in [0.2, 0.25) is 0 Å². The smallest absolute Gasteiger partial charge is 0.306 e. The number of nitrogens with zero attached hydrogens (tertiary/aromatic N) is 3. The fourth-order valence-electron chi connectivity index (χ4n) is 2.53. The second-order valence-electron chi connectivity index (χ2n) is 5.80. The van der Waals surface area contributed by atoms with Crippen LogP contribution in [-0.4, -0.2) is 52.7 Å². The maximum atomic E-state index is 11.0. The summed E-state index contributed by atoms with van der Waals surface area (Å²) in [6.07, 6.45) is 0.353. The lowest BCUT2D eigenvalue weighted by Gasteiger charge is -2.29.